The van der Waals surface area contributed by atoms with Crippen molar-refractivity contribution in [1.82, 2.24) is 5.32 Å². The van der Waals surface area contributed by atoms with Gasteiger partial charge in [-0.1, -0.05) is 11.6 Å². The van der Waals surface area contributed by atoms with Gasteiger partial charge in [0.1, 0.15) is 5.75 Å². The van der Waals surface area contributed by atoms with E-state index >= 15 is 0 Å². The Morgan fingerprint density at radius 2 is 1.95 bits per heavy atom. The molecule has 0 radical (unpaired) electrons. The van der Waals surface area contributed by atoms with Crippen molar-refractivity contribution in [3.63, 3.8) is 0 Å². The first-order valence-electron chi connectivity index (χ1n) is 6.58. The fraction of sp³-hybridized carbons (Fsp3) is 0.429. The fourth-order valence-corrected chi connectivity index (χ4v) is 1.83. The van der Waals surface area contributed by atoms with Crippen LogP contribution in [0.2, 0.25) is 5.02 Å². The van der Waals surface area contributed by atoms with E-state index in [1.807, 2.05) is 6.92 Å². The predicted octanol–water partition coefficient (Wildman–Crippen LogP) is 1.87. The van der Waals surface area contributed by atoms with Crippen molar-refractivity contribution in [3.8, 4) is 5.75 Å². The van der Waals surface area contributed by atoms with E-state index in [0.29, 0.717) is 23.0 Å². The number of ether oxygens (including phenoxy) is 1. The van der Waals surface area contributed by atoms with Crippen LogP contribution in [0.25, 0.3) is 0 Å². The summed E-state index contributed by atoms with van der Waals surface area (Å²) in [6.07, 6.45) is 0.424. The van der Waals surface area contributed by atoms with Crippen molar-refractivity contribution in [3.05, 3.63) is 22.7 Å². The van der Waals surface area contributed by atoms with Gasteiger partial charge in [0.05, 0.1) is 12.8 Å². The van der Waals surface area contributed by atoms with Crippen LogP contribution in [0.3, 0.4) is 0 Å². The molecule has 1 aromatic carbocycles. The molecule has 0 aliphatic carbocycles. The van der Waals surface area contributed by atoms with E-state index in [9.17, 15) is 9.59 Å². The number of hydrogen-bond donors (Lipinski definition) is 3. The van der Waals surface area contributed by atoms with Crippen LogP contribution in [0.5, 0.6) is 5.75 Å². The standard InChI is InChI=1S/C14H20ClN3O3.ClH/c1-9-7-11(12(21-2)8-10(9)15)18-14(20)4-6-17-13(19)3-5-16;/h7-8H,3-6,16H2,1-2H3,(H,17,19)(H,18,20);1H. The van der Waals surface area contributed by atoms with Gasteiger partial charge >= 0.3 is 0 Å². The Bertz CT molecular complexity index is 524. The highest BCUT2D eigenvalue weighted by Gasteiger charge is 2.10. The van der Waals surface area contributed by atoms with Crippen LogP contribution in [0.15, 0.2) is 12.1 Å². The average Bonchev–Trinajstić information content (AvgIpc) is 2.43. The first kappa shape index (κ1) is 20.5. The molecule has 0 saturated carbocycles. The average molecular weight is 350 g/mol. The second kappa shape index (κ2) is 10.3. The minimum atomic E-state index is -0.219. The Morgan fingerprint density at radius 3 is 2.55 bits per heavy atom. The summed E-state index contributed by atoms with van der Waals surface area (Å²) in [7, 11) is 1.50. The molecule has 124 valence electrons. The largest absolute Gasteiger partial charge is 0.495 e. The lowest BCUT2D eigenvalue weighted by atomic mass is 10.2. The van der Waals surface area contributed by atoms with Gasteiger partial charge in [0.2, 0.25) is 11.8 Å². The van der Waals surface area contributed by atoms with Gasteiger partial charge in [-0.3, -0.25) is 9.59 Å². The van der Waals surface area contributed by atoms with Crippen molar-refractivity contribution in [2.45, 2.75) is 19.8 Å². The topological polar surface area (TPSA) is 93.5 Å². The molecule has 0 aromatic heterocycles. The van der Waals surface area contributed by atoms with E-state index in [1.54, 1.807) is 12.1 Å². The quantitative estimate of drug-likeness (QED) is 0.700. The monoisotopic (exact) mass is 349 g/mol. The number of methoxy groups -OCH3 is 1. The van der Waals surface area contributed by atoms with Crippen molar-refractivity contribution >= 4 is 41.5 Å². The van der Waals surface area contributed by atoms with Crippen LogP contribution < -0.4 is 21.1 Å². The molecule has 0 aliphatic heterocycles. The SMILES string of the molecule is COc1cc(Cl)c(C)cc1NC(=O)CCNC(=O)CCN.Cl. The molecule has 0 atom stereocenters. The van der Waals surface area contributed by atoms with Crippen LogP contribution in [0, 0.1) is 6.92 Å². The Hall–Kier alpha value is -1.50. The normalized spacial score (nSPS) is 9.64. The molecule has 0 fully saturated rings. The maximum atomic E-state index is 11.8. The number of rotatable bonds is 7. The summed E-state index contributed by atoms with van der Waals surface area (Å²) in [5, 5.41) is 5.92. The molecule has 2 amide bonds. The van der Waals surface area contributed by atoms with Crippen LogP contribution in [0.4, 0.5) is 5.69 Å². The number of aryl methyl sites for hydroxylation is 1. The van der Waals surface area contributed by atoms with Crippen molar-refractivity contribution < 1.29 is 14.3 Å². The molecule has 0 aliphatic rings. The van der Waals surface area contributed by atoms with Crippen molar-refractivity contribution in [1.29, 1.82) is 0 Å². The number of amides is 2. The molecule has 6 nitrogen and oxygen atoms in total. The first-order valence-corrected chi connectivity index (χ1v) is 6.96. The molecule has 0 bridgehead atoms. The smallest absolute Gasteiger partial charge is 0.226 e. The van der Waals surface area contributed by atoms with E-state index in [4.69, 9.17) is 22.1 Å². The van der Waals surface area contributed by atoms with Gasteiger partial charge in [-0.05, 0) is 18.6 Å². The number of carbonyl (C=O) groups excluding carboxylic acids is 2. The van der Waals surface area contributed by atoms with Crippen LogP contribution in [-0.2, 0) is 9.59 Å². The van der Waals surface area contributed by atoms with Gasteiger partial charge in [-0.2, -0.15) is 0 Å². The number of halogens is 2. The summed E-state index contributed by atoms with van der Waals surface area (Å²) >= 11 is 6.00. The first-order chi connectivity index (χ1) is 9.97. The summed E-state index contributed by atoms with van der Waals surface area (Å²) in [5.41, 5.74) is 6.65. The summed E-state index contributed by atoms with van der Waals surface area (Å²) in [6.45, 7) is 2.39. The van der Waals surface area contributed by atoms with Gasteiger partial charge in [0.25, 0.3) is 0 Å². The van der Waals surface area contributed by atoms with Crippen LogP contribution in [0.1, 0.15) is 18.4 Å². The number of hydrogen-bond acceptors (Lipinski definition) is 4. The zero-order valence-corrected chi connectivity index (χ0v) is 14.1. The molecule has 4 N–H and O–H groups in total. The molecule has 1 rings (SSSR count). The molecule has 0 saturated heterocycles. The van der Waals surface area contributed by atoms with E-state index in [2.05, 4.69) is 10.6 Å². The molecule has 22 heavy (non-hydrogen) atoms. The number of nitrogens with one attached hydrogen (secondary N) is 2. The number of carbonyl (C=O) groups is 2. The Balaban J connectivity index is 0.00000441. The number of nitrogens with two attached hydrogens (primary N) is 1. The van der Waals surface area contributed by atoms with Crippen LogP contribution in [-0.4, -0.2) is 32.0 Å². The highest BCUT2D eigenvalue weighted by Crippen LogP contribution is 2.30. The number of anilines is 1. The maximum absolute atomic E-state index is 11.8. The highest BCUT2D eigenvalue weighted by molar-refractivity contribution is 6.31. The third-order valence-corrected chi connectivity index (χ3v) is 3.21. The van der Waals surface area contributed by atoms with Crippen molar-refractivity contribution in [2.75, 3.05) is 25.5 Å². The Labute approximate surface area is 141 Å². The van der Waals surface area contributed by atoms with E-state index in [1.165, 1.54) is 7.11 Å². The summed E-state index contributed by atoms with van der Waals surface area (Å²) in [5.74, 6) is 0.111. The molecule has 0 heterocycles. The van der Waals surface area contributed by atoms with Crippen LogP contribution >= 0.6 is 24.0 Å². The lowest BCUT2D eigenvalue weighted by molar-refractivity contribution is -0.121. The fourth-order valence-electron chi connectivity index (χ4n) is 1.68. The Morgan fingerprint density at radius 1 is 1.27 bits per heavy atom. The molecule has 8 heteroatoms. The van der Waals surface area contributed by atoms with Gasteiger partial charge in [0.15, 0.2) is 0 Å². The third kappa shape index (κ3) is 6.51. The maximum Gasteiger partial charge on any atom is 0.226 e. The van der Waals surface area contributed by atoms with E-state index < -0.39 is 0 Å². The van der Waals surface area contributed by atoms with Gasteiger partial charge in [0, 0.05) is 37.0 Å². The number of benzene rings is 1. The predicted molar refractivity (Wildman–Crippen MR) is 89.9 cm³/mol. The minimum Gasteiger partial charge on any atom is -0.495 e. The second-order valence-corrected chi connectivity index (χ2v) is 4.90. The van der Waals surface area contributed by atoms with Gasteiger partial charge in [-0.15, -0.1) is 12.4 Å². The molecular weight excluding hydrogens is 329 g/mol. The second-order valence-electron chi connectivity index (χ2n) is 4.49. The molecular formula is C14H21Cl2N3O3. The van der Waals surface area contributed by atoms with Gasteiger partial charge in [-0.25, -0.2) is 0 Å². The zero-order valence-electron chi connectivity index (χ0n) is 12.6. The Kier molecular flexibility index (Phi) is 9.56. The van der Waals surface area contributed by atoms with Crippen molar-refractivity contribution in [2.24, 2.45) is 5.73 Å². The van der Waals surface area contributed by atoms with E-state index in [0.717, 1.165) is 5.56 Å². The summed E-state index contributed by atoms with van der Waals surface area (Å²) in [4.78, 5) is 23.0. The molecule has 0 unspecified atom stereocenters. The lowest BCUT2D eigenvalue weighted by Gasteiger charge is -2.12. The zero-order chi connectivity index (χ0) is 15.8. The van der Waals surface area contributed by atoms with E-state index in [-0.39, 0.29) is 43.6 Å². The molecule has 1 aromatic rings. The lowest BCUT2D eigenvalue weighted by Crippen LogP contribution is -2.29. The third-order valence-electron chi connectivity index (χ3n) is 2.80. The summed E-state index contributed by atoms with van der Waals surface area (Å²) in [6, 6.07) is 3.39. The summed E-state index contributed by atoms with van der Waals surface area (Å²) < 4.78 is 5.17. The molecule has 0 spiro atoms. The minimum absolute atomic E-state index is 0. The highest BCUT2D eigenvalue weighted by atomic mass is 35.5. The van der Waals surface area contributed by atoms with Gasteiger partial charge < -0.3 is 21.1 Å².